The molecule has 1 rings (SSSR count). The standard InChI is InChI=1S/C17H26O4/c1-12-10-13(6-8-15(12)20-5)14(11-18)7-9-16(19)21-17(2,3)4/h6,8,10,14,18H,7,9,11H2,1-5H3/t14-/m1/s1/i18T. The number of hydrogen-bond donors (Lipinski definition) is 1. The van der Waals surface area contributed by atoms with Crippen LogP contribution in [-0.4, -0.2) is 31.8 Å². The van der Waals surface area contributed by atoms with Crippen molar-refractivity contribution in [2.24, 2.45) is 0 Å². The van der Waals surface area contributed by atoms with E-state index >= 15 is 0 Å². The van der Waals surface area contributed by atoms with Crippen LogP contribution in [0.4, 0.5) is 0 Å². The first-order valence-corrected chi connectivity index (χ1v) is 7.21. The van der Waals surface area contributed by atoms with Crippen LogP contribution >= 0.6 is 0 Å². The zero-order valence-corrected chi connectivity index (χ0v) is 13.6. The molecule has 0 amide bonds. The van der Waals surface area contributed by atoms with Crippen LogP contribution in [0, 0.1) is 6.92 Å². The van der Waals surface area contributed by atoms with Crippen LogP contribution in [0.25, 0.3) is 0 Å². The van der Waals surface area contributed by atoms with Gasteiger partial charge in [-0.15, -0.1) is 0 Å². The van der Waals surface area contributed by atoms with E-state index in [1.807, 2.05) is 45.9 Å². The fourth-order valence-electron chi connectivity index (χ4n) is 2.19. The summed E-state index contributed by atoms with van der Waals surface area (Å²) in [6, 6.07) is 5.86. The summed E-state index contributed by atoms with van der Waals surface area (Å²) in [4.78, 5) is 11.8. The topological polar surface area (TPSA) is 55.8 Å². The third kappa shape index (κ3) is 5.76. The molecule has 0 bridgehead atoms. The summed E-state index contributed by atoms with van der Waals surface area (Å²) in [6.07, 6.45) is 0.885. The van der Waals surface area contributed by atoms with Gasteiger partial charge < -0.3 is 14.6 Å². The van der Waals surface area contributed by atoms with Crippen LogP contribution in [0.5, 0.6) is 5.75 Å². The first-order chi connectivity index (χ1) is 10.3. The molecule has 4 heteroatoms. The quantitative estimate of drug-likeness (QED) is 0.785. The number of carbonyl (C=O) groups excluding carboxylic acids is 1. The molecule has 118 valence electrons. The molecule has 0 aliphatic heterocycles. The van der Waals surface area contributed by atoms with Gasteiger partial charge in [0.2, 0.25) is 1.43 Å². The van der Waals surface area contributed by atoms with Crippen molar-refractivity contribution in [1.82, 2.24) is 0 Å². The number of carbonyl (C=O) groups is 1. The van der Waals surface area contributed by atoms with Crippen LogP contribution < -0.4 is 4.74 Å². The van der Waals surface area contributed by atoms with Crippen LogP contribution in [0.15, 0.2) is 18.2 Å². The van der Waals surface area contributed by atoms with Crippen molar-refractivity contribution in [3.8, 4) is 5.75 Å². The molecule has 0 saturated heterocycles. The summed E-state index contributed by atoms with van der Waals surface area (Å²) in [7, 11) is 1.63. The van der Waals surface area contributed by atoms with E-state index in [0.717, 1.165) is 16.9 Å². The smallest absolute Gasteiger partial charge is 0.306 e. The second-order valence-electron chi connectivity index (χ2n) is 6.22. The lowest BCUT2D eigenvalue weighted by molar-refractivity contribution is -0.155. The van der Waals surface area contributed by atoms with E-state index in [-0.39, 0.29) is 18.5 Å². The normalized spacial score (nSPS) is 13.5. The van der Waals surface area contributed by atoms with E-state index in [0.29, 0.717) is 12.8 Å². The van der Waals surface area contributed by atoms with Gasteiger partial charge in [0.15, 0.2) is 0 Å². The number of aliphatic hydroxyl groups is 1. The third-order valence-corrected chi connectivity index (χ3v) is 3.21. The van der Waals surface area contributed by atoms with E-state index in [2.05, 4.69) is 5.11 Å². The molecule has 1 N–H and O–H groups in total. The van der Waals surface area contributed by atoms with Crippen molar-refractivity contribution < 1.29 is 19.4 Å². The van der Waals surface area contributed by atoms with Crippen molar-refractivity contribution >= 4 is 5.97 Å². The van der Waals surface area contributed by atoms with E-state index in [1.54, 1.807) is 7.11 Å². The summed E-state index contributed by atoms with van der Waals surface area (Å²) >= 11 is 0. The number of rotatable bonds is 7. The molecule has 0 aliphatic carbocycles. The maximum Gasteiger partial charge on any atom is 0.306 e. The lowest BCUT2D eigenvalue weighted by atomic mass is 9.93. The zero-order valence-electron chi connectivity index (χ0n) is 14.6. The Morgan fingerprint density at radius 2 is 2.14 bits per heavy atom. The average molecular weight is 296 g/mol. The van der Waals surface area contributed by atoms with Crippen LogP contribution in [0.1, 0.15) is 50.7 Å². The first-order valence-electron chi connectivity index (χ1n) is 7.62. The van der Waals surface area contributed by atoms with E-state index < -0.39 is 5.60 Å². The minimum absolute atomic E-state index is 0.0189. The first kappa shape index (κ1) is 15.8. The molecular formula is C17H26O4. The predicted octanol–water partition coefficient (Wildman–Crippen LogP) is 3.20. The van der Waals surface area contributed by atoms with E-state index in [1.165, 1.54) is 0 Å². The molecule has 0 spiro atoms. The Labute approximate surface area is 128 Å². The third-order valence-electron chi connectivity index (χ3n) is 3.21. The molecule has 0 aromatic heterocycles. The van der Waals surface area contributed by atoms with E-state index in [4.69, 9.17) is 10.9 Å². The Balaban J connectivity index is 2.73. The van der Waals surface area contributed by atoms with Crippen LogP contribution in [-0.2, 0) is 9.53 Å². The minimum atomic E-state index is -0.477. The molecule has 0 unspecified atom stereocenters. The molecule has 0 saturated carbocycles. The molecule has 0 fully saturated rings. The predicted molar refractivity (Wildman–Crippen MR) is 82.6 cm³/mol. The van der Waals surface area contributed by atoms with Gasteiger partial charge >= 0.3 is 5.97 Å². The van der Waals surface area contributed by atoms with Gasteiger partial charge in [-0.2, -0.15) is 0 Å². The van der Waals surface area contributed by atoms with Crippen molar-refractivity contribution in [2.45, 2.75) is 52.1 Å². The lowest BCUT2D eigenvalue weighted by Crippen LogP contribution is -2.24. The molecule has 0 heterocycles. The highest BCUT2D eigenvalue weighted by Crippen LogP contribution is 2.26. The van der Waals surface area contributed by atoms with Crippen molar-refractivity contribution in [3.05, 3.63) is 29.3 Å². The number of ether oxygens (including phenoxy) is 2. The Morgan fingerprint density at radius 1 is 1.43 bits per heavy atom. The maximum absolute atomic E-state index is 11.8. The van der Waals surface area contributed by atoms with Gasteiger partial charge in [-0.1, -0.05) is 12.1 Å². The van der Waals surface area contributed by atoms with Gasteiger partial charge in [-0.05, 0) is 51.3 Å². The van der Waals surface area contributed by atoms with Gasteiger partial charge in [0.25, 0.3) is 0 Å². The fourth-order valence-corrected chi connectivity index (χ4v) is 2.19. The Kier molecular flexibility index (Phi) is 5.62. The lowest BCUT2D eigenvalue weighted by Gasteiger charge is -2.21. The number of methoxy groups -OCH3 is 1. The number of esters is 1. The van der Waals surface area contributed by atoms with E-state index in [9.17, 15) is 4.79 Å². The van der Waals surface area contributed by atoms with Crippen molar-refractivity contribution in [1.29, 1.82) is 1.43 Å². The Bertz CT molecular complexity index is 494. The van der Waals surface area contributed by atoms with Crippen molar-refractivity contribution in [2.75, 3.05) is 13.7 Å². The summed E-state index contributed by atoms with van der Waals surface area (Å²) in [5.74, 6) is 0.573. The second kappa shape index (κ2) is 7.46. The summed E-state index contributed by atoms with van der Waals surface area (Å²) < 4.78 is 17.6. The maximum atomic E-state index is 11.8. The van der Waals surface area contributed by atoms with Gasteiger partial charge in [0, 0.05) is 18.9 Å². The summed E-state index contributed by atoms with van der Waals surface area (Å²) in [6.45, 7) is 7.76. The molecule has 21 heavy (non-hydrogen) atoms. The average Bonchev–Trinajstić information content (AvgIpc) is 2.41. The largest absolute Gasteiger partial charge is 0.496 e. The second-order valence-corrected chi connectivity index (χ2v) is 6.22. The Morgan fingerprint density at radius 3 is 2.67 bits per heavy atom. The van der Waals surface area contributed by atoms with Gasteiger partial charge in [-0.3, -0.25) is 4.79 Å². The molecule has 1 aromatic carbocycles. The van der Waals surface area contributed by atoms with Gasteiger partial charge in [0.05, 0.1) is 7.11 Å². The highest BCUT2D eigenvalue weighted by molar-refractivity contribution is 5.69. The Hall–Kier alpha value is -1.55. The molecule has 0 radical (unpaired) electrons. The summed E-state index contributed by atoms with van der Waals surface area (Å²) in [5.41, 5.74) is 1.58. The molecule has 0 aliphatic rings. The monoisotopic (exact) mass is 296 g/mol. The highest BCUT2D eigenvalue weighted by Gasteiger charge is 2.19. The minimum Gasteiger partial charge on any atom is -0.496 e. The van der Waals surface area contributed by atoms with Gasteiger partial charge in [-0.25, -0.2) is 0 Å². The molecule has 1 atom stereocenters. The number of aliphatic hydroxyl groups excluding tert-OH is 1. The number of aryl methyl sites for hydroxylation is 1. The number of hydrogen-bond acceptors (Lipinski definition) is 4. The summed E-state index contributed by atoms with van der Waals surface area (Å²) in [5, 5.41) is 4.55. The molecule has 1 aromatic rings. The number of benzene rings is 1. The van der Waals surface area contributed by atoms with Crippen molar-refractivity contribution in [3.63, 3.8) is 0 Å². The van der Waals surface area contributed by atoms with Crippen LogP contribution in [0.3, 0.4) is 0 Å². The fraction of sp³-hybridized carbons (Fsp3) is 0.588. The van der Waals surface area contributed by atoms with Gasteiger partial charge in [0.1, 0.15) is 11.4 Å². The molecular weight excluding hydrogens is 268 g/mol. The van der Waals surface area contributed by atoms with Crippen LogP contribution in [0.2, 0.25) is 0 Å². The highest BCUT2D eigenvalue weighted by atomic mass is 16.6. The molecule has 4 nitrogen and oxygen atoms in total. The zero-order chi connectivity index (χ0) is 16.8. The SMILES string of the molecule is [3H]OC[C@@H](CCC(=O)OC(C)(C)C)c1ccc(OC)c(C)c1.